The third kappa shape index (κ3) is 3.85. The minimum Gasteiger partial charge on any atom is -0.306 e. The zero-order valence-electron chi connectivity index (χ0n) is 13.4. The predicted octanol–water partition coefficient (Wildman–Crippen LogP) is 3.07. The Bertz CT molecular complexity index is 808. The summed E-state index contributed by atoms with van der Waals surface area (Å²) in [5, 5.41) is 1.72. The van der Waals surface area contributed by atoms with Crippen LogP contribution in [0.15, 0.2) is 46.0 Å². The molecule has 2 aromatic rings. The molecule has 3 rings (SSSR count). The Morgan fingerprint density at radius 3 is 2.62 bits per heavy atom. The summed E-state index contributed by atoms with van der Waals surface area (Å²) in [4.78, 5) is 14.9. The van der Waals surface area contributed by atoms with Gasteiger partial charge in [-0.25, -0.2) is 8.42 Å². The second-order valence-electron chi connectivity index (χ2n) is 6.06. The smallest absolute Gasteiger partial charge is 0.271 e. The molecule has 0 saturated carbocycles. The third-order valence-electron chi connectivity index (χ3n) is 4.25. The summed E-state index contributed by atoms with van der Waals surface area (Å²) in [5.74, 6) is 0.116. The molecule has 0 amide bonds. The third-order valence-corrected chi connectivity index (χ3v) is 7.03. The summed E-state index contributed by atoms with van der Waals surface area (Å²) < 4.78 is 27.4. The molecule has 0 radical (unpaired) electrons. The average Bonchev–Trinajstić information content (AvgIpc) is 3.10. The number of ketones is 1. The molecule has 24 heavy (non-hydrogen) atoms. The quantitative estimate of drug-likeness (QED) is 0.828. The van der Waals surface area contributed by atoms with Crippen LogP contribution in [0, 0.1) is 5.92 Å². The maximum absolute atomic E-state index is 12.7. The zero-order valence-corrected chi connectivity index (χ0v) is 15.1. The summed E-state index contributed by atoms with van der Waals surface area (Å²) in [6.45, 7) is 1.84. The van der Waals surface area contributed by atoms with Crippen molar-refractivity contribution in [2.75, 3.05) is 24.9 Å². The van der Waals surface area contributed by atoms with Gasteiger partial charge in [0.05, 0.1) is 0 Å². The van der Waals surface area contributed by atoms with E-state index in [1.54, 1.807) is 41.8 Å². The van der Waals surface area contributed by atoms with E-state index in [0.717, 1.165) is 37.3 Å². The highest BCUT2D eigenvalue weighted by molar-refractivity contribution is 7.94. The number of thiophene rings is 1. The van der Waals surface area contributed by atoms with Crippen LogP contribution in [0.4, 0.5) is 5.69 Å². The summed E-state index contributed by atoms with van der Waals surface area (Å²) in [5.41, 5.74) is 0.984. The average molecular weight is 364 g/mol. The molecule has 1 aliphatic rings. The summed E-state index contributed by atoms with van der Waals surface area (Å²) in [7, 11) is -1.54. The number of carbonyl (C=O) groups excluding carboxylic acids is 1. The number of piperidine rings is 1. The number of sulfonamides is 1. The molecular formula is C17H20N2O3S2. The number of anilines is 1. The van der Waals surface area contributed by atoms with Crippen LogP contribution in [0.1, 0.15) is 23.2 Å². The topological polar surface area (TPSA) is 66.5 Å². The van der Waals surface area contributed by atoms with Crippen LogP contribution in [-0.2, 0) is 10.0 Å². The van der Waals surface area contributed by atoms with Crippen LogP contribution >= 0.6 is 11.3 Å². The molecule has 1 fully saturated rings. The predicted molar refractivity (Wildman–Crippen MR) is 96.1 cm³/mol. The fraction of sp³-hybridized carbons (Fsp3) is 0.353. The lowest BCUT2D eigenvalue weighted by Gasteiger charge is -2.28. The molecule has 1 aromatic carbocycles. The van der Waals surface area contributed by atoms with Crippen LogP contribution in [0.2, 0.25) is 0 Å². The van der Waals surface area contributed by atoms with Crippen molar-refractivity contribution in [2.24, 2.45) is 5.92 Å². The van der Waals surface area contributed by atoms with Crippen LogP contribution in [-0.4, -0.2) is 39.2 Å². The Hall–Kier alpha value is -1.70. The van der Waals surface area contributed by atoms with Gasteiger partial charge in [-0.15, -0.1) is 11.3 Å². The van der Waals surface area contributed by atoms with Crippen molar-refractivity contribution in [2.45, 2.75) is 17.1 Å². The lowest BCUT2D eigenvalue weighted by atomic mass is 9.89. The van der Waals surface area contributed by atoms with Crippen LogP contribution in [0.3, 0.4) is 0 Å². The number of nitrogens with zero attached hydrogens (tertiary/aromatic N) is 1. The molecule has 7 heteroatoms. The maximum Gasteiger partial charge on any atom is 0.271 e. The van der Waals surface area contributed by atoms with Gasteiger partial charge in [0.1, 0.15) is 4.21 Å². The molecule has 5 nitrogen and oxygen atoms in total. The monoisotopic (exact) mass is 364 g/mol. The number of rotatable bonds is 5. The fourth-order valence-electron chi connectivity index (χ4n) is 2.86. The van der Waals surface area contributed by atoms with E-state index in [9.17, 15) is 13.2 Å². The molecule has 1 N–H and O–H groups in total. The molecule has 1 aromatic heterocycles. The minimum atomic E-state index is -3.59. The highest BCUT2D eigenvalue weighted by atomic mass is 32.2. The van der Waals surface area contributed by atoms with E-state index in [0.29, 0.717) is 11.3 Å². The van der Waals surface area contributed by atoms with Gasteiger partial charge in [-0.1, -0.05) is 18.2 Å². The van der Waals surface area contributed by atoms with Gasteiger partial charge in [0, 0.05) is 17.2 Å². The van der Waals surface area contributed by atoms with Gasteiger partial charge in [0.15, 0.2) is 5.78 Å². The van der Waals surface area contributed by atoms with Crippen LogP contribution in [0.25, 0.3) is 0 Å². The highest BCUT2D eigenvalue weighted by Gasteiger charge is 2.24. The van der Waals surface area contributed by atoms with E-state index in [2.05, 4.69) is 16.7 Å². The van der Waals surface area contributed by atoms with Crippen molar-refractivity contribution < 1.29 is 13.2 Å². The van der Waals surface area contributed by atoms with Crippen LogP contribution in [0.5, 0.6) is 0 Å². The van der Waals surface area contributed by atoms with Gasteiger partial charge in [0.25, 0.3) is 10.0 Å². The van der Waals surface area contributed by atoms with Gasteiger partial charge in [-0.05, 0) is 56.6 Å². The van der Waals surface area contributed by atoms with Gasteiger partial charge < -0.3 is 4.90 Å². The van der Waals surface area contributed by atoms with E-state index in [-0.39, 0.29) is 15.9 Å². The number of likely N-dealkylation sites (tertiary alicyclic amines) is 1. The lowest BCUT2D eigenvalue weighted by Crippen LogP contribution is -2.33. The van der Waals surface area contributed by atoms with Crippen molar-refractivity contribution in [3.63, 3.8) is 0 Å². The maximum atomic E-state index is 12.7. The largest absolute Gasteiger partial charge is 0.306 e. The lowest BCUT2D eigenvalue weighted by molar-refractivity contribution is 0.0857. The number of nitrogens with one attached hydrogen (secondary N) is 1. The normalized spacial score (nSPS) is 16.9. The van der Waals surface area contributed by atoms with Gasteiger partial charge >= 0.3 is 0 Å². The molecule has 0 spiro atoms. The SMILES string of the molecule is CN1CCC(C(=O)c2cccc(NS(=O)(=O)c3cccs3)c2)CC1. The second kappa shape index (κ2) is 7.04. The number of carbonyl (C=O) groups is 1. The molecule has 1 aliphatic heterocycles. The first kappa shape index (κ1) is 17.1. The zero-order chi connectivity index (χ0) is 17.2. The van der Waals surface area contributed by atoms with Crippen molar-refractivity contribution in [1.82, 2.24) is 4.90 Å². The van der Waals surface area contributed by atoms with Crippen molar-refractivity contribution in [3.05, 3.63) is 47.3 Å². The van der Waals surface area contributed by atoms with Crippen molar-refractivity contribution in [3.8, 4) is 0 Å². The summed E-state index contributed by atoms with van der Waals surface area (Å²) >= 11 is 1.16. The standard InChI is InChI=1S/C17H20N2O3S2/c1-19-9-7-13(8-10-19)17(20)14-4-2-5-15(12-14)18-24(21,22)16-6-3-11-23-16/h2-6,11-13,18H,7-10H2,1H3. The fourth-order valence-corrected chi connectivity index (χ4v) is 4.91. The first-order chi connectivity index (χ1) is 11.5. The first-order valence-electron chi connectivity index (χ1n) is 7.85. The number of benzene rings is 1. The van der Waals surface area contributed by atoms with Gasteiger partial charge in [-0.3, -0.25) is 9.52 Å². The highest BCUT2D eigenvalue weighted by Crippen LogP contribution is 2.24. The Kier molecular flexibility index (Phi) is 5.03. The van der Waals surface area contributed by atoms with E-state index in [1.165, 1.54) is 0 Å². The first-order valence-corrected chi connectivity index (χ1v) is 10.2. The Morgan fingerprint density at radius 1 is 1.21 bits per heavy atom. The van der Waals surface area contributed by atoms with Crippen molar-refractivity contribution in [1.29, 1.82) is 0 Å². The van der Waals surface area contributed by atoms with E-state index in [1.807, 2.05) is 0 Å². The Labute approximate surface area is 146 Å². The van der Waals surface area contributed by atoms with Gasteiger partial charge in [0.2, 0.25) is 0 Å². The van der Waals surface area contributed by atoms with Gasteiger partial charge in [-0.2, -0.15) is 0 Å². The molecule has 2 heterocycles. The second-order valence-corrected chi connectivity index (χ2v) is 8.92. The van der Waals surface area contributed by atoms with E-state index >= 15 is 0 Å². The van der Waals surface area contributed by atoms with E-state index in [4.69, 9.17) is 0 Å². The molecule has 128 valence electrons. The summed E-state index contributed by atoms with van der Waals surface area (Å²) in [6, 6.07) is 10.0. The molecule has 0 bridgehead atoms. The molecule has 0 aliphatic carbocycles. The Balaban J connectivity index is 1.76. The molecule has 0 unspecified atom stereocenters. The van der Waals surface area contributed by atoms with E-state index < -0.39 is 10.0 Å². The van der Waals surface area contributed by atoms with Crippen LogP contribution < -0.4 is 4.72 Å². The number of Topliss-reactive ketones (excluding diaryl/α,β-unsaturated/α-hetero) is 1. The summed E-state index contributed by atoms with van der Waals surface area (Å²) in [6.07, 6.45) is 1.70. The molecule has 1 saturated heterocycles. The Morgan fingerprint density at radius 2 is 1.96 bits per heavy atom. The number of hydrogen-bond acceptors (Lipinski definition) is 5. The minimum absolute atomic E-state index is 0.0188. The molecule has 0 atom stereocenters. The van der Waals surface area contributed by atoms with Crippen molar-refractivity contribution >= 4 is 32.8 Å². The number of hydrogen-bond donors (Lipinski definition) is 1. The molecular weight excluding hydrogens is 344 g/mol.